The van der Waals surface area contributed by atoms with E-state index < -0.39 is 23.8 Å². The van der Waals surface area contributed by atoms with E-state index in [1.165, 1.54) is 4.90 Å². The molecule has 0 radical (unpaired) electrons. The normalized spacial score (nSPS) is 26.8. The van der Waals surface area contributed by atoms with Gasteiger partial charge in [0.15, 0.2) is 6.23 Å². The number of piperidine rings is 1. The van der Waals surface area contributed by atoms with Crippen LogP contribution in [0, 0.1) is 0 Å². The smallest absolute Gasteiger partial charge is 0.410 e. The van der Waals surface area contributed by atoms with Crippen LogP contribution in [0.5, 0.6) is 0 Å². The highest BCUT2D eigenvalue weighted by Crippen LogP contribution is 2.49. The van der Waals surface area contributed by atoms with E-state index in [9.17, 15) is 19.2 Å². The molecule has 2 fully saturated rings. The van der Waals surface area contributed by atoms with E-state index in [2.05, 4.69) is 11.4 Å². The van der Waals surface area contributed by atoms with Crippen LogP contribution >= 0.6 is 0 Å². The third kappa shape index (κ3) is 4.01. The number of ether oxygens (including phenoxy) is 2. The lowest BCUT2D eigenvalue weighted by Gasteiger charge is -2.34. The van der Waals surface area contributed by atoms with Crippen LogP contribution in [0.2, 0.25) is 0 Å². The number of fused-ring (bicyclic) bond motifs is 3. The largest absolute Gasteiger partial charge is 0.444 e. The summed E-state index contributed by atoms with van der Waals surface area (Å²) in [4.78, 5) is 52.7. The predicted molar refractivity (Wildman–Crippen MR) is 117 cm³/mol. The number of epoxide rings is 1. The molecule has 0 aliphatic carbocycles. The van der Waals surface area contributed by atoms with Crippen LogP contribution < -0.4 is 5.32 Å². The number of hydrogen-bond donors (Lipinski definition) is 1. The van der Waals surface area contributed by atoms with Crippen LogP contribution in [0.1, 0.15) is 67.6 Å². The van der Waals surface area contributed by atoms with Gasteiger partial charge in [-0.25, -0.2) is 4.79 Å². The van der Waals surface area contributed by atoms with Crippen molar-refractivity contribution in [1.82, 2.24) is 15.1 Å². The van der Waals surface area contributed by atoms with Crippen molar-refractivity contribution in [2.75, 3.05) is 13.1 Å². The van der Waals surface area contributed by atoms with Gasteiger partial charge in [0.1, 0.15) is 17.7 Å². The molecule has 2 saturated heterocycles. The third-order valence-electron chi connectivity index (χ3n) is 6.28. The fraction of sp³-hybridized carbons (Fsp3) is 0.500. The lowest BCUT2D eigenvalue weighted by atomic mass is 9.91. The molecule has 3 unspecified atom stereocenters. The summed E-state index contributed by atoms with van der Waals surface area (Å²) in [5.74, 6) is -1.04. The number of benzene rings is 1. The zero-order valence-electron chi connectivity index (χ0n) is 18.9. The average molecular weight is 453 g/mol. The zero-order valence-corrected chi connectivity index (χ0v) is 18.9. The van der Waals surface area contributed by atoms with Crippen molar-refractivity contribution in [3.05, 3.63) is 41.0 Å². The molecule has 0 aromatic heterocycles. The Morgan fingerprint density at radius 2 is 2.00 bits per heavy atom. The van der Waals surface area contributed by atoms with Crippen molar-refractivity contribution in [2.24, 2.45) is 0 Å². The highest BCUT2D eigenvalue weighted by Gasteiger charge is 2.56. The Kier molecular flexibility index (Phi) is 5.04. The first-order valence-electron chi connectivity index (χ1n) is 11.3. The van der Waals surface area contributed by atoms with Crippen LogP contribution in [0.3, 0.4) is 0 Å². The van der Waals surface area contributed by atoms with E-state index in [4.69, 9.17) is 9.47 Å². The van der Waals surface area contributed by atoms with E-state index in [0.717, 1.165) is 23.1 Å². The molecular weight excluding hydrogens is 426 g/mol. The molecule has 1 aromatic carbocycles. The first-order valence-corrected chi connectivity index (χ1v) is 11.3. The van der Waals surface area contributed by atoms with E-state index in [1.807, 2.05) is 32.9 Å². The van der Waals surface area contributed by atoms with Crippen LogP contribution in [0.4, 0.5) is 4.79 Å². The summed E-state index contributed by atoms with van der Waals surface area (Å²) in [7, 11) is 0. The van der Waals surface area contributed by atoms with E-state index in [-0.39, 0.29) is 30.4 Å². The standard InChI is InChI=1S/C24H27N3O6/c1-24(2,3)33-23(31)26-10-4-5-14(12-26)13-6-7-15-16(11-13)19-22(32-19)27(21(15)30)17-8-9-18(28)25-20(17)29/h5-7,11,17,19,22H,4,8-10,12H2,1-3H3,(H,25,28,29). The zero-order chi connectivity index (χ0) is 23.5. The molecule has 174 valence electrons. The highest BCUT2D eigenvalue weighted by atomic mass is 16.6. The number of imide groups is 1. The Morgan fingerprint density at radius 3 is 2.73 bits per heavy atom. The molecule has 1 N–H and O–H groups in total. The molecular formula is C24H27N3O6. The fourth-order valence-electron chi connectivity index (χ4n) is 4.69. The van der Waals surface area contributed by atoms with Crippen molar-refractivity contribution in [2.45, 2.75) is 64.0 Å². The maximum atomic E-state index is 13.2. The number of rotatable bonds is 2. The molecule has 4 aliphatic rings. The SMILES string of the molecule is CC(C)(C)OC(=O)N1CCC=C(c2ccc3c(c2)C2OC2N(C2CCC(=O)NC2=O)C3=O)C1. The van der Waals surface area contributed by atoms with Crippen LogP contribution in [0.15, 0.2) is 24.3 Å². The second kappa shape index (κ2) is 7.69. The van der Waals surface area contributed by atoms with Gasteiger partial charge in [-0.15, -0.1) is 0 Å². The van der Waals surface area contributed by atoms with Gasteiger partial charge in [-0.05, 0) is 62.4 Å². The molecule has 4 aliphatic heterocycles. The molecule has 9 nitrogen and oxygen atoms in total. The Labute approximate surface area is 191 Å². The minimum absolute atomic E-state index is 0.200. The molecule has 4 amide bonds. The topological polar surface area (TPSA) is 109 Å². The van der Waals surface area contributed by atoms with Crippen LogP contribution in [0.25, 0.3) is 5.57 Å². The summed E-state index contributed by atoms with van der Waals surface area (Å²) in [6, 6.07) is 4.87. The fourth-order valence-corrected chi connectivity index (χ4v) is 4.69. The third-order valence-corrected chi connectivity index (χ3v) is 6.28. The first kappa shape index (κ1) is 21.6. The van der Waals surface area contributed by atoms with Crippen molar-refractivity contribution in [1.29, 1.82) is 0 Å². The average Bonchev–Trinajstić information content (AvgIpc) is 3.54. The maximum Gasteiger partial charge on any atom is 0.410 e. The van der Waals surface area contributed by atoms with Gasteiger partial charge >= 0.3 is 6.09 Å². The van der Waals surface area contributed by atoms with Crippen molar-refractivity contribution in [3.8, 4) is 0 Å². The number of amides is 4. The lowest BCUT2D eigenvalue weighted by molar-refractivity contribution is -0.137. The van der Waals surface area contributed by atoms with Crippen molar-refractivity contribution < 1.29 is 28.7 Å². The summed E-state index contributed by atoms with van der Waals surface area (Å²) < 4.78 is 11.3. The Bertz CT molecular complexity index is 1090. The molecule has 4 heterocycles. The molecule has 3 atom stereocenters. The molecule has 0 spiro atoms. The quantitative estimate of drug-likeness (QED) is 0.544. The monoisotopic (exact) mass is 453 g/mol. The second-order valence-corrected chi connectivity index (χ2v) is 9.85. The van der Waals surface area contributed by atoms with Gasteiger partial charge in [-0.3, -0.25) is 24.6 Å². The van der Waals surface area contributed by atoms with E-state index >= 15 is 0 Å². The molecule has 9 heteroatoms. The maximum absolute atomic E-state index is 13.2. The lowest BCUT2D eigenvalue weighted by Crippen LogP contribution is -2.56. The van der Waals surface area contributed by atoms with Crippen LogP contribution in [-0.4, -0.2) is 64.6 Å². The number of hydrogen-bond acceptors (Lipinski definition) is 6. The molecule has 1 aromatic rings. The van der Waals surface area contributed by atoms with Gasteiger partial charge in [-0.2, -0.15) is 0 Å². The van der Waals surface area contributed by atoms with E-state index in [1.54, 1.807) is 11.0 Å². The summed E-state index contributed by atoms with van der Waals surface area (Å²) >= 11 is 0. The number of carbonyl (C=O) groups excluding carboxylic acids is 4. The minimum atomic E-state index is -0.707. The number of nitrogens with one attached hydrogen (secondary N) is 1. The number of nitrogens with zero attached hydrogens (tertiary/aromatic N) is 2. The van der Waals surface area contributed by atoms with Crippen molar-refractivity contribution in [3.63, 3.8) is 0 Å². The van der Waals surface area contributed by atoms with Gasteiger partial charge in [0.25, 0.3) is 5.91 Å². The van der Waals surface area contributed by atoms with E-state index in [0.29, 0.717) is 25.1 Å². The molecule has 0 bridgehead atoms. The van der Waals surface area contributed by atoms with Gasteiger partial charge in [-0.1, -0.05) is 12.1 Å². The van der Waals surface area contributed by atoms with Crippen LogP contribution in [-0.2, 0) is 19.1 Å². The highest BCUT2D eigenvalue weighted by molar-refractivity contribution is 6.05. The summed E-state index contributed by atoms with van der Waals surface area (Å²) in [5.41, 5.74) is 2.66. The Balaban J connectivity index is 1.36. The molecule has 0 saturated carbocycles. The van der Waals surface area contributed by atoms with Gasteiger partial charge in [0.2, 0.25) is 11.8 Å². The molecule has 5 rings (SSSR count). The van der Waals surface area contributed by atoms with Gasteiger partial charge in [0, 0.05) is 25.1 Å². The Hall–Kier alpha value is -3.20. The van der Waals surface area contributed by atoms with Gasteiger partial charge in [0.05, 0.1) is 0 Å². The minimum Gasteiger partial charge on any atom is -0.444 e. The predicted octanol–water partition coefficient (Wildman–Crippen LogP) is 2.37. The van der Waals surface area contributed by atoms with Crippen molar-refractivity contribution >= 4 is 29.4 Å². The first-order chi connectivity index (χ1) is 15.6. The molecule has 33 heavy (non-hydrogen) atoms. The summed E-state index contributed by atoms with van der Waals surface area (Å²) in [5, 5.41) is 2.31. The summed E-state index contributed by atoms with van der Waals surface area (Å²) in [6.07, 6.45) is 2.18. The van der Waals surface area contributed by atoms with Gasteiger partial charge < -0.3 is 14.4 Å². The summed E-state index contributed by atoms with van der Waals surface area (Å²) in [6.45, 7) is 6.55. The number of carbonyl (C=O) groups is 4. The second-order valence-electron chi connectivity index (χ2n) is 9.85. The Morgan fingerprint density at radius 1 is 1.21 bits per heavy atom.